The predicted octanol–water partition coefficient (Wildman–Crippen LogP) is 1.57. The summed E-state index contributed by atoms with van der Waals surface area (Å²) < 4.78 is 12.2. The molecular formula is C25H29N3O4. The van der Waals surface area contributed by atoms with Gasteiger partial charge in [-0.15, -0.1) is 0 Å². The van der Waals surface area contributed by atoms with Crippen LogP contribution in [-0.2, 0) is 32.0 Å². The molecule has 168 valence electrons. The van der Waals surface area contributed by atoms with Gasteiger partial charge in [-0.05, 0) is 30.5 Å². The van der Waals surface area contributed by atoms with Crippen molar-refractivity contribution in [1.82, 2.24) is 15.1 Å². The first-order valence-electron chi connectivity index (χ1n) is 11.4. The second-order valence-electron chi connectivity index (χ2n) is 8.62. The van der Waals surface area contributed by atoms with E-state index in [9.17, 15) is 9.59 Å². The highest BCUT2D eigenvalue weighted by Crippen LogP contribution is 2.35. The lowest BCUT2D eigenvalue weighted by Gasteiger charge is -2.38. The SMILES string of the molecule is O=C([C@@H]1O[C@@H]2O[C@H]1C(=O)N(Cc1ccccc1)[C@H]2Cc1ccccc1)N1CCCNCC1. The van der Waals surface area contributed by atoms with Gasteiger partial charge in [0.05, 0.1) is 6.04 Å². The van der Waals surface area contributed by atoms with Crippen LogP contribution < -0.4 is 5.32 Å². The molecule has 0 unspecified atom stereocenters. The summed E-state index contributed by atoms with van der Waals surface area (Å²) in [6.07, 6.45) is -0.909. The van der Waals surface area contributed by atoms with Crippen molar-refractivity contribution in [2.75, 3.05) is 26.2 Å². The number of ether oxygens (including phenoxy) is 2. The highest BCUT2D eigenvalue weighted by atomic mass is 16.7. The maximum atomic E-state index is 13.6. The first-order chi connectivity index (χ1) is 15.7. The monoisotopic (exact) mass is 435 g/mol. The van der Waals surface area contributed by atoms with Crippen molar-refractivity contribution in [3.05, 3.63) is 71.8 Å². The average Bonchev–Trinajstić information content (AvgIpc) is 3.02. The standard InChI is InChI=1S/C25H29N3O4/c29-23(27-14-7-12-26-13-15-27)21-22-24(30)28(17-19-10-5-2-6-11-19)20(25(31-21)32-22)16-18-8-3-1-4-9-18/h1-6,8-11,20-22,25-26H,7,12-17H2/t20-,21+,22+,25+/m0/s1. The largest absolute Gasteiger partial charge is 0.339 e. The molecule has 0 radical (unpaired) electrons. The van der Waals surface area contributed by atoms with Gasteiger partial charge in [0.25, 0.3) is 11.8 Å². The molecular weight excluding hydrogens is 406 g/mol. The van der Waals surface area contributed by atoms with E-state index in [1.165, 1.54) is 0 Å². The van der Waals surface area contributed by atoms with E-state index in [1.807, 2.05) is 65.6 Å². The Morgan fingerprint density at radius 3 is 2.41 bits per heavy atom. The van der Waals surface area contributed by atoms with Crippen LogP contribution in [0.5, 0.6) is 0 Å². The first kappa shape index (κ1) is 21.1. The van der Waals surface area contributed by atoms with Gasteiger partial charge in [-0.25, -0.2) is 0 Å². The first-order valence-corrected chi connectivity index (χ1v) is 11.4. The zero-order chi connectivity index (χ0) is 21.9. The Labute approximate surface area is 188 Å². The number of hydrogen-bond acceptors (Lipinski definition) is 5. The molecule has 2 aromatic rings. The van der Waals surface area contributed by atoms with Gasteiger partial charge in [-0.3, -0.25) is 9.59 Å². The maximum absolute atomic E-state index is 13.6. The summed E-state index contributed by atoms with van der Waals surface area (Å²) in [7, 11) is 0. The van der Waals surface area contributed by atoms with Crippen molar-refractivity contribution in [2.45, 2.75) is 43.9 Å². The molecule has 7 nitrogen and oxygen atoms in total. The minimum atomic E-state index is -0.889. The van der Waals surface area contributed by atoms with Crippen molar-refractivity contribution >= 4 is 11.8 Å². The zero-order valence-electron chi connectivity index (χ0n) is 18.1. The quantitative estimate of drug-likeness (QED) is 0.772. The van der Waals surface area contributed by atoms with Crippen LogP contribution in [-0.4, -0.2) is 72.3 Å². The van der Waals surface area contributed by atoms with E-state index in [1.54, 1.807) is 4.90 Å². The Morgan fingerprint density at radius 1 is 0.938 bits per heavy atom. The second kappa shape index (κ2) is 9.40. The third kappa shape index (κ3) is 4.28. The fourth-order valence-corrected chi connectivity index (χ4v) is 4.78. The molecule has 4 atom stereocenters. The summed E-state index contributed by atoms with van der Waals surface area (Å²) in [5, 5.41) is 3.31. The number of nitrogens with one attached hydrogen (secondary N) is 1. The van der Waals surface area contributed by atoms with Gasteiger partial charge in [-0.2, -0.15) is 0 Å². The molecule has 32 heavy (non-hydrogen) atoms. The molecule has 1 N–H and O–H groups in total. The Hall–Kier alpha value is -2.74. The normalized spacial score (nSPS) is 27.9. The number of amides is 2. The average molecular weight is 436 g/mol. The van der Waals surface area contributed by atoms with Crippen molar-refractivity contribution < 1.29 is 19.1 Å². The fourth-order valence-electron chi connectivity index (χ4n) is 4.78. The van der Waals surface area contributed by atoms with Gasteiger partial charge in [-0.1, -0.05) is 60.7 Å². The van der Waals surface area contributed by atoms with Crippen LogP contribution in [0.3, 0.4) is 0 Å². The van der Waals surface area contributed by atoms with Crippen molar-refractivity contribution in [1.29, 1.82) is 0 Å². The maximum Gasteiger partial charge on any atom is 0.255 e. The van der Waals surface area contributed by atoms with Crippen LogP contribution in [0.2, 0.25) is 0 Å². The molecule has 2 bridgehead atoms. The Bertz CT molecular complexity index is 931. The number of morpholine rings is 1. The van der Waals surface area contributed by atoms with Crippen molar-refractivity contribution in [3.8, 4) is 0 Å². The number of carbonyl (C=O) groups is 2. The molecule has 3 fully saturated rings. The minimum Gasteiger partial charge on any atom is -0.339 e. The molecule has 3 aliphatic heterocycles. The van der Waals surface area contributed by atoms with Gasteiger partial charge >= 0.3 is 0 Å². The molecule has 0 aromatic heterocycles. The topological polar surface area (TPSA) is 71.1 Å². The van der Waals surface area contributed by atoms with E-state index in [-0.39, 0.29) is 17.9 Å². The van der Waals surface area contributed by atoms with E-state index in [4.69, 9.17) is 9.47 Å². The Morgan fingerprint density at radius 2 is 1.66 bits per heavy atom. The van der Waals surface area contributed by atoms with Crippen LogP contribution in [0, 0.1) is 0 Å². The molecule has 2 amide bonds. The van der Waals surface area contributed by atoms with Crippen molar-refractivity contribution in [2.24, 2.45) is 0 Å². The predicted molar refractivity (Wildman–Crippen MR) is 119 cm³/mol. The molecule has 0 spiro atoms. The van der Waals surface area contributed by atoms with E-state index < -0.39 is 18.5 Å². The van der Waals surface area contributed by atoms with Crippen LogP contribution in [0.15, 0.2) is 60.7 Å². The van der Waals surface area contributed by atoms with E-state index in [0.29, 0.717) is 26.1 Å². The number of hydrogen-bond donors (Lipinski definition) is 1. The number of benzene rings is 2. The molecule has 5 rings (SSSR count). The lowest BCUT2D eigenvalue weighted by molar-refractivity contribution is -0.177. The zero-order valence-corrected chi connectivity index (χ0v) is 18.1. The van der Waals surface area contributed by atoms with Crippen LogP contribution in [0.25, 0.3) is 0 Å². The number of rotatable bonds is 5. The summed E-state index contributed by atoms with van der Waals surface area (Å²) in [6, 6.07) is 19.7. The third-order valence-electron chi connectivity index (χ3n) is 6.46. The summed E-state index contributed by atoms with van der Waals surface area (Å²) in [5.41, 5.74) is 2.14. The molecule has 0 saturated carbocycles. The van der Waals surface area contributed by atoms with E-state index >= 15 is 0 Å². The lowest BCUT2D eigenvalue weighted by atomic mass is 10.0. The van der Waals surface area contributed by atoms with E-state index in [0.717, 1.165) is 30.6 Å². The smallest absolute Gasteiger partial charge is 0.255 e. The third-order valence-corrected chi connectivity index (χ3v) is 6.46. The molecule has 2 aromatic carbocycles. The highest BCUT2D eigenvalue weighted by Gasteiger charge is 2.56. The number of nitrogens with zero attached hydrogens (tertiary/aromatic N) is 2. The summed E-state index contributed by atoms with van der Waals surface area (Å²) in [6.45, 7) is 3.38. The summed E-state index contributed by atoms with van der Waals surface area (Å²) in [4.78, 5) is 30.5. The van der Waals surface area contributed by atoms with Gasteiger partial charge in [0.1, 0.15) is 0 Å². The second-order valence-corrected chi connectivity index (χ2v) is 8.62. The lowest BCUT2D eigenvalue weighted by Crippen LogP contribution is -2.57. The van der Waals surface area contributed by atoms with Gasteiger partial charge in [0.15, 0.2) is 18.5 Å². The Balaban J connectivity index is 1.41. The van der Waals surface area contributed by atoms with Crippen LogP contribution in [0.1, 0.15) is 17.5 Å². The summed E-state index contributed by atoms with van der Waals surface area (Å²) in [5.74, 6) is -0.315. The summed E-state index contributed by atoms with van der Waals surface area (Å²) >= 11 is 0. The van der Waals surface area contributed by atoms with Crippen LogP contribution in [0.4, 0.5) is 0 Å². The molecule has 3 saturated heterocycles. The highest BCUT2D eigenvalue weighted by molar-refractivity contribution is 5.92. The molecule has 0 aliphatic carbocycles. The molecule has 3 heterocycles. The molecule has 3 aliphatic rings. The number of fused-ring (bicyclic) bond motifs is 2. The number of carbonyl (C=O) groups excluding carboxylic acids is 2. The fraction of sp³-hybridized carbons (Fsp3) is 0.440. The molecule has 7 heteroatoms. The Kier molecular flexibility index (Phi) is 6.21. The van der Waals surface area contributed by atoms with Crippen LogP contribution >= 0.6 is 0 Å². The minimum absolute atomic E-state index is 0.144. The van der Waals surface area contributed by atoms with Crippen molar-refractivity contribution in [3.63, 3.8) is 0 Å². The van der Waals surface area contributed by atoms with E-state index in [2.05, 4.69) is 5.32 Å². The van der Waals surface area contributed by atoms with Gasteiger partial charge in [0.2, 0.25) is 0 Å². The van der Waals surface area contributed by atoms with Gasteiger partial charge < -0.3 is 24.6 Å². The van der Waals surface area contributed by atoms with Gasteiger partial charge in [0, 0.05) is 26.2 Å².